The lowest BCUT2D eigenvalue weighted by molar-refractivity contribution is -0.138. The van der Waals surface area contributed by atoms with E-state index in [-0.39, 0.29) is 0 Å². The molecule has 0 fully saturated rings. The van der Waals surface area contributed by atoms with E-state index in [1.165, 1.54) is 24.3 Å². The molecule has 0 unspecified atom stereocenters. The Labute approximate surface area is 80.3 Å². The van der Waals surface area contributed by atoms with Gasteiger partial charge in [0.15, 0.2) is 0 Å². The first kappa shape index (κ1) is 10.2. The highest BCUT2D eigenvalue weighted by molar-refractivity contribution is 5.92. The van der Waals surface area contributed by atoms with Gasteiger partial charge in [-0.05, 0) is 17.7 Å². The average Bonchev–Trinajstić information content (AvgIpc) is 2.16. The number of nitrogens with two attached hydrogens (primary N) is 2. The largest absolute Gasteiger partial charge is 0.480 e. The molecule has 1 amide bonds. The number of rotatable bonds is 3. The first-order chi connectivity index (χ1) is 6.52. The van der Waals surface area contributed by atoms with Gasteiger partial charge in [0.1, 0.15) is 6.04 Å². The van der Waals surface area contributed by atoms with Gasteiger partial charge < -0.3 is 16.6 Å². The summed E-state index contributed by atoms with van der Waals surface area (Å²) in [4.78, 5) is 21.2. The zero-order valence-electron chi connectivity index (χ0n) is 7.31. The van der Waals surface area contributed by atoms with E-state index in [2.05, 4.69) is 0 Å². The Morgan fingerprint density at radius 1 is 1.21 bits per heavy atom. The molecule has 5 nitrogen and oxygen atoms in total. The molecule has 0 aliphatic rings. The van der Waals surface area contributed by atoms with Gasteiger partial charge in [0, 0.05) is 5.56 Å². The number of aliphatic carboxylic acids is 1. The zero-order chi connectivity index (χ0) is 10.7. The molecule has 0 aliphatic carbocycles. The molecule has 1 aromatic carbocycles. The second kappa shape index (κ2) is 3.89. The molecule has 0 spiro atoms. The monoisotopic (exact) mass is 194 g/mol. The van der Waals surface area contributed by atoms with E-state index in [1.54, 1.807) is 0 Å². The number of carboxylic acid groups (broad SMARTS) is 1. The lowest BCUT2D eigenvalue weighted by Crippen LogP contribution is -2.20. The molecule has 14 heavy (non-hydrogen) atoms. The Morgan fingerprint density at radius 2 is 1.71 bits per heavy atom. The third kappa shape index (κ3) is 2.08. The summed E-state index contributed by atoms with van der Waals surface area (Å²) >= 11 is 0. The second-order valence-corrected chi connectivity index (χ2v) is 2.80. The summed E-state index contributed by atoms with van der Waals surface area (Å²) in [5, 5.41) is 8.60. The lowest BCUT2D eigenvalue weighted by Gasteiger charge is -2.06. The van der Waals surface area contributed by atoms with Crippen molar-refractivity contribution in [2.75, 3.05) is 0 Å². The minimum atomic E-state index is -1.11. The Hall–Kier alpha value is -1.88. The topological polar surface area (TPSA) is 106 Å². The number of benzene rings is 1. The van der Waals surface area contributed by atoms with Crippen molar-refractivity contribution < 1.29 is 14.7 Å². The van der Waals surface area contributed by atoms with Crippen molar-refractivity contribution in [2.45, 2.75) is 6.04 Å². The number of hydrogen-bond donors (Lipinski definition) is 3. The minimum absolute atomic E-state index is 0.325. The van der Waals surface area contributed by atoms with Gasteiger partial charge in [-0.3, -0.25) is 9.59 Å². The summed E-state index contributed by atoms with van der Waals surface area (Å²) in [6, 6.07) is 4.76. The van der Waals surface area contributed by atoms with Gasteiger partial charge in [-0.15, -0.1) is 0 Å². The van der Waals surface area contributed by atoms with Gasteiger partial charge in [-0.2, -0.15) is 0 Å². The van der Waals surface area contributed by atoms with Crippen molar-refractivity contribution in [3.63, 3.8) is 0 Å². The molecule has 0 bridgehead atoms. The fourth-order valence-corrected chi connectivity index (χ4v) is 0.997. The Bertz CT molecular complexity index is 359. The number of carbonyl (C=O) groups excluding carboxylic acids is 1. The maximum atomic E-state index is 10.7. The molecule has 5 heteroatoms. The van der Waals surface area contributed by atoms with Gasteiger partial charge in [0.2, 0.25) is 5.91 Å². The quantitative estimate of drug-likeness (QED) is 0.623. The van der Waals surface area contributed by atoms with Crippen molar-refractivity contribution >= 4 is 11.9 Å². The van der Waals surface area contributed by atoms with E-state index in [4.69, 9.17) is 16.6 Å². The number of hydrogen-bond acceptors (Lipinski definition) is 3. The Balaban J connectivity index is 2.94. The first-order valence-corrected chi connectivity index (χ1v) is 3.90. The van der Waals surface area contributed by atoms with Crippen molar-refractivity contribution in [1.29, 1.82) is 0 Å². The molecule has 0 radical (unpaired) electrons. The smallest absolute Gasteiger partial charge is 0.325 e. The van der Waals surface area contributed by atoms with E-state index in [1.807, 2.05) is 0 Å². The first-order valence-electron chi connectivity index (χ1n) is 3.90. The van der Waals surface area contributed by atoms with E-state index < -0.39 is 17.9 Å². The normalized spacial score (nSPS) is 12.1. The fraction of sp³-hybridized carbons (Fsp3) is 0.111. The fourth-order valence-electron chi connectivity index (χ4n) is 0.997. The van der Waals surface area contributed by atoms with Gasteiger partial charge in [0.05, 0.1) is 0 Å². The van der Waals surface area contributed by atoms with E-state index in [9.17, 15) is 9.59 Å². The van der Waals surface area contributed by atoms with Gasteiger partial charge in [0.25, 0.3) is 0 Å². The maximum Gasteiger partial charge on any atom is 0.325 e. The summed E-state index contributed by atoms with van der Waals surface area (Å²) in [5.74, 6) is -1.67. The summed E-state index contributed by atoms with van der Waals surface area (Å²) in [5.41, 5.74) is 11.1. The highest BCUT2D eigenvalue weighted by Crippen LogP contribution is 2.11. The minimum Gasteiger partial charge on any atom is -0.480 e. The predicted molar refractivity (Wildman–Crippen MR) is 49.5 cm³/mol. The molecule has 5 N–H and O–H groups in total. The molecule has 0 heterocycles. The van der Waals surface area contributed by atoms with Crippen LogP contribution in [0.2, 0.25) is 0 Å². The molecular formula is C9H10N2O3. The van der Waals surface area contributed by atoms with Crippen LogP contribution in [0, 0.1) is 0 Å². The second-order valence-electron chi connectivity index (χ2n) is 2.80. The van der Waals surface area contributed by atoms with Crippen LogP contribution in [-0.4, -0.2) is 17.0 Å². The van der Waals surface area contributed by atoms with Gasteiger partial charge >= 0.3 is 5.97 Å². The number of amides is 1. The van der Waals surface area contributed by atoms with Crippen LogP contribution in [0.4, 0.5) is 0 Å². The lowest BCUT2D eigenvalue weighted by atomic mass is 10.1. The zero-order valence-corrected chi connectivity index (χ0v) is 7.31. The molecular weight excluding hydrogens is 184 g/mol. The van der Waals surface area contributed by atoms with E-state index in [0.717, 1.165) is 0 Å². The highest BCUT2D eigenvalue weighted by atomic mass is 16.4. The summed E-state index contributed by atoms with van der Waals surface area (Å²) < 4.78 is 0. The maximum absolute atomic E-state index is 10.7. The van der Waals surface area contributed by atoms with Crippen LogP contribution in [-0.2, 0) is 4.79 Å². The van der Waals surface area contributed by atoms with Crippen molar-refractivity contribution in [2.24, 2.45) is 11.5 Å². The van der Waals surface area contributed by atoms with Crippen LogP contribution in [0.25, 0.3) is 0 Å². The molecule has 0 aromatic heterocycles. The standard InChI is InChI=1S/C9H10N2O3/c10-7(9(13)14)5-1-3-6(4-2-5)8(11)12/h1-4,7H,10H2,(H2,11,12)(H,13,14)/t7-/m1/s1. The van der Waals surface area contributed by atoms with E-state index in [0.29, 0.717) is 11.1 Å². The summed E-state index contributed by atoms with van der Waals surface area (Å²) in [6.07, 6.45) is 0. The van der Waals surface area contributed by atoms with Crippen LogP contribution in [0.5, 0.6) is 0 Å². The van der Waals surface area contributed by atoms with E-state index >= 15 is 0 Å². The number of carboxylic acids is 1. The Kier molecular flexibility index (Phi) is 2.83. The molecule has 1 rings (SSSR count). The Morgan fingerprint density at radius 3 is 2.07 bits per heavy atom. The third-order valence-corrected chi connectivity index (χ3v) is 1.82. The third-order valence-electron chi connectivity index (χ3n) is 1.82. The summed E-state index contributed by atoms with van der Waals surface area (Å²) in [6.45, 7) is 0. The predicted octanol–water partition coefficient (Wildman–Crippen LogP) is -0.130. The van der Waals surface area contributed by atoms with Crippen molar-refractivity contribution in [1.82, 2.24) is 0 Å². The van der Waals surface area contributed by atoms with Crippen molar-refractivity contribution in [3.05, 3.63) is 35.4 Å². The molecule has 1 aromatic rings. The van der Waals surface area contributed by atoms with Crippen LogP contribution in [0.15, 0.2) is 24.3 Å². The number of primary amides is 1. The van der Waals surface area contributed by atoms with Gasteiger partial charge in [-0.1, -0.05) is 12.1 Å². The molecule has 0 saturated carbocycles. The van der Waals surface area contributed by atoms with Crippen LogP contribution in [0.1, 0.15) is 22.0 Å². The van der Waals surface area contributed by atoms with Gasteiger partial charge in [-0.25, -0.2) is 0 Å². The highest BCUT2D eigenvalue weighted by Gasteiger charge is 2.13. The summed E-state index contributed by atoms with van der Waals surface area (Å²) in [7, 11) is 0. The number of carbonyl (C=O) groups is 2. The van der Waals surface area contributed by atoms with Crippen LogP contribution < -0.4 is 11.5 Å². The molecule has 0 aliphatic heterocycles. The van der Waals surface area contributed by atoms with Crippen molar-refractivity contribution in [3.8, 4) is 0 Å². The average molecular weight is 194 g/mol. The van der Waals surface area contributed by atoms with Crippen LogP contribution in [0.3, 0.4) is 0 Å². The molecule has 1 atom stereocenters. The molecule has 0 saturated heterocycles. The SMILES string of the molecule is NC(=O)c1ccc([C@@H](N)C(=O)O)cc1. The molecule has 74 valence electrons. The van der Waals surface area contributed by atoms with Crippen LogP contribution >= 0.6 is 0 Å².